The van der Waals surface area contributed by atoms with Crippen LogP contribution in [-0.2, 0) is 26.2 Å². The van der Waals surface area contributed by atoms with Gasteiger partial charge in [0, 0.05) is 29.6 Å². The number of pyridine rings is 1. The quantitative estimate of drug-likeness (QED) is 0.335. The molecule has 0 aliphatic rings. The van der Waals surface area contributed by atoms with Gasteiger partial charge in [-0.25, -0.2) is 13.5 Å². The van der Waals surface area contributed by atoms with Gasteiger partial charge >= 0.3 is 0 Å². The summed E-state index contributed by atoms with van der Waals surface area (Å²) in [5, 5.41) is 13.1. The predicted octanol–water partition coefficient (Wildman–Crippen LogP) is 4.66. The van der Waals surface area contributed by atoms with Crippen molar-refractivity contribution in [2.75, 3.05) is 0 Å². The summed E-state index contributed by atoms with van der Waals surface area (Å²) in [6, 6.07) is 18.4. The number of rotatable bonds is 8. The number of aromatic nitrogens is 5. The van der Waals surface area contributed by atoms with Crippen molar-refractivity contribution in [3.8, 4) is 0 Å². The van der Waals surface area contributed by atoms with E-state index in [1.807, 2.05) is 30.9 Å². The van der Waals surface area contributed by atoms with E-state index in [1.54, 1.807) is 28.9 Å². The number of tetrazole rings is 1. The molecule has 0 bridgehead atoms. The number of fused-ring (bicyclic) bond motifs is 1. The zero-order chi connectivity index (χ0) is 25.9. The van der Waals surface area contributed by atoms with Crippen LogP contribution in [0.2, 0.25) is 0 Å². The summed E-state index contributed by atoms with van der Waals surface area (Å²) < 4.78 is 28.5. The van der Waals surface area contributed by atoms with Crippen molar-refractivity contribution in [1.82, 2.24) is 30.1 Å². The Bertz CT molecular complexity index is 1590. The molecule has 0 saturated carbocycles. The Morgan fingerprint density at radius 3 is 2.24 bits per heavy atom. The second-order valence-electron chi connectivity index (χ2n) is 9.32. The lowest BCUT2D eigenvalue weighted by atomic mass is 10.0. The second-order valence-corrected chi connectivity index (χ2v) is 9.32. The van der Waals surface area contributed by atoms with Crippen molar-refractivity contribution in [3.63, 3.8) is 0 Å². The van der Waals surface area contributed by atoms with E-state index in [2.05, 4.69) is 26.6 Å². The number of H-pyrrole nitrogens is 1. The zero-order valence-corrected chi connectivity index (χ0v) is 20.6. The Morgan fingerprint density at radius 1 is 0.865 bits per heavy atom. The van der Waals surface area contributed by atoms with Gasteiger partial charge in [0.05, 0.1) is 13.1 Å². The van der Waals surface area contributed by atoms with E-state index in [1.165, 1.54) is 24.3 Å². The van der Waals surface area contributed by atoms with E-state index < -0.39 is 0 Å². The van der Waals surface area contributed by atoms with Crippen LogP contribution < -0.4 is 5.56 Å². The van der Waals surface area contributed by atoms with E-state index in [0.717, 1.165) is 33.2 Å². The molecule has 9 heteroatoms. The summed E-state index contributed by atoms with van der Waals surface area (Å²) in [6.07, 6.45) is 0. The Balaban J connectivity index is 1.45. The Kier molecular flexibility index (Phi) is 6.87. The number of benzene rings is 3. The van der Waals surface area contributed by atoms with Crippen LogP contribution in [0.3, 0.4) is 0 Å². The SMILES string of the molecule is Cc1cc(C)c2cc(CN(Cc3ccc(F)cc3)Cc3nnnn3Cc3ccc(F)cc3)c(=O)[nH]c2c1. The second kappa shape index (κ2) is 10.4. The number of halogens is 2. The molecule has 188 valence electrons. The third-order valence-electron chi connectivity index (χ3n) is 6.32. The lowest BCUT2D eigenvalue weighted by Crippen LogP contribution is -2.28. The number of nitrogens with one attached hydrogen (secondary N) is 1. The number of hydrogen-bond donors (Lipinski definition) is 1. The Hall–Kier alpha value is -4.24. The maximum atomic E-state index is 13.5. The van der Waals surface area contributed by atoms with Gasteiger partial charge in [-0.05, 0) is 82.9 Å². The molecule has 0 aliphatic carbocycles. The standard InChI is InChI=1S/C28H26F2N6O/c1-18-11-19(2)25-13-22(28(37)31-26(25)12-18)16-35(14-20-3-7-23(29)8-4-20)17-27-32-33-34-36(27)15-21-5-9-24(30)10-6-21/h3-13H,14-17H2,1-2H3,(H,31,37). The maximum Gasteiger partial charge on any atom is 0.252 e. The molecule has 0 unspecified atom stereocenters. The highest BCUT2D eigenvalue weighted by Gasteiger charge is 2.17. The molecule has 0 radical (unpaired) electrons. The van der Waals surface area contributed by atoms with E-state index in [4.69, 9.17) is 0 Å². The minimum Gasteiger partial charge on any atom is -0.322 e. The summed E-state index contributed by atoms with van der Waals surface area (Å²) in [5.74, 6) is -0.0251. The largest absolute Gasteiger partial charge is 0.322 e. The van der Waals surface area contributed by atoms with Gasteiger partial charge in [-0.3, -0.25) is 9.69 Å². The van der Waals surface area contributed by atoms with Gasteiger partial charge in [-0.15, -0.1) is 5.10 Å². The van der Waals surface area contributed by atoms with E-state index >= 15 is 0 Å². The molecule has 0 atom stereocenters. The first-order valence-corrected chi connectivity index (χ1v) is 11.9. The van der Waals surface area contributed by atoms with Gasteiger partial charge in [0.1, 0.15) is 11.6 Å². The third-order valence-corrected chi connectivity index (χ3v) is 6.32. The maximum absolute atomic E-state index is 13.5. The zero-order valence-electron chi connectivity index (χ0n) is 20.6. The number of aryl methyl sites for hydroxylation is 2. The predicted molar refractivity (Wildman–Crippen MR) is 137 cm³/mol. The molecular formula is C28H26F2N6O. The van der Waals surface area contributed by atoms with Crippen molar-refractivity contribution in [2.24, 2.45) is 0 Å². The molecule has 2 heterocycles. The van der Waals surface area contributed by atoms with E-state index in [9.17, 15) is 13.6 Å². The first kappa shape index (κ1) is 24.5. The molecule has 0 aliphatic heterocycles. The summed E-state index contributed by atoms with van der Waals surface area (Å²) in [5.41, 5.74) is 5.17. The summed E-state index contributed by atoms with van der Waals surface area (Å²) >= 11 is 0. The number of aromatic amines is 1. The van der Waals surface area contributed by atoms with Gasteiger partial charge < -0.3 is 4.98 Å². The molecule has 2 aromatic heterocycles. The van der Waals surface area contributed by atoms with Crippen molar-refractivity contribution < 1.29 is 8.78 Å². The van der Waals surface area contributed by atoms with E-state index in [-0.39, 0.29) is 17.2 Å². The molecular weight excluding hydrogens is 474 g/mol. The summed E-state index contributed by atoms with van der Waals surface area (Å²) in [6.45, 7) is 5.53. The van der Waals surface area contributed by atoms with Crippen molar-refractivity contribution in [3.05, 3.63) is 122 Å². The minimum atomic E-state index is -0.310. The fraction of sp³-hybridized carbons (Fsp3) is 0.214. The Morgan fingerprint density at radius 2 is 1.54 bits per heavy atom. The fourth-order valence-electron chi connectivity index (χ4n) is 4.51. The molecule has 5 aromatic rings. The average Bonchev–Trinajstić information content (AvgIpc) is 3.29. The normalized spacial score (nSPS) is 11.5. The van der Waals surface area contributed by atoms with Crippen LogP contribution in [-0.4, -0.2) is 30.1 Å². The van der Waals surface area contributed by atoms with Crippen molar-refractivity contribution in [2.45, 2.75) is 40.0 Å². The Labute approximate surface area is 212 Å². The highest BCUT2D eigenvalue weighted by Crippen LogP contribution is 2.20. The topological polar surface area (TPSA) is 79.7 Å². The van der Waals surface area contributed by atoms with Crippen LogP contribution in [0.15, 0.2) is 71.5 Å². The summed E-state index contributed by atoms with van der Waals surface area (Å²) in [4.78, 5) is 18.1. The van der Waals surface area contributed by atoms with Crippen LogP contribution in [0.25, 0.3) is 10.9 Å². The molecule has 0 saturated heterocycles. The molecule has 1 N–H and O–H groups in total. The van der Waals surface area contributed by atoms with Crippen molar-refractivity contribution >= 4 is 10.9 Å². The highest BCUT2D eigenvalue weighted by atomic mass is 19.1. The molecule has 5 rings (SSSR count). The summed E-state index contributed by atoms with van der Waals surface area (Å²) in [7, 11) is 0. The third kappa shape index (κ3) is 5.78. The molecule has 0 fully saturated rings. The molecule has 37 heavy (non-hydrogen) atoms. The van der Waals surface area contributed by atoms with Gasteiger partial charge in [-0.1, -0.05) is 30.3 Å². The lowest BCUT2D eigenvalue weighted by Gasteiger charge is -2.22. The molecule has 0 spiro atoms. The van der Waals surface area contributed by atoms with Crippen LogP contribution in [0.1, 0.15) is 33.6 Å². The molecule has 7 nitrogen and oxygen atoms in total. The first-order chi connectivity index (χ1) is 17.8. The smallest absolute Gasteiger partial charge is 0.252 e. The first-order valence-electron chi connectivity index (χ1n) is 11.9. The van der Waals surface area contributed by atoms with Gasteiger partial charge in [0.15, 0.2) is 5.82 Å². The van der Waals surface area contributed by atoms with Crippen LogP contribution in [0.5, 0.6) is 0 Å². The van der Waals surface area contributed by atoms with Crippen molar-refractivity contribution in [1.29, 1.82) is 0 Å². The highest BCUT2D eigenvalue weighted by molar-refractivity contribution is 5.83. The number of nitrogens with zero attached hydrogens (tertiary/aromatic N) is 5. The van der Waals surface area contributed by atoms with Gasteiger partial charge in [-0.2, -0.15) is 0 Å². The fourth-order valence-corrected chi connectivity index (χ4v) is 4.51. The minimum absolute atomic E-state index is 0.160. The van der Waals surface area contributed by atoms with Crippen LogP contribution in [0.4, 0.5) is 8.78 Å². The molecule has 3 aromatic carbocycles. The average molecular weight is 501 g/mol. The lowest BCUT2D eigenvalue weighted by molar-refractivity contribution is 0.236. The van der Waals surface area contributed by atoms with Gasteiger partial charge in [0.25, 0.3) is 5.56 Å². The number of hydrogen-bond acceptors (Lipinski definition) is 5. The van der Waals surface area contributed by atoms with Crippen LogP contribution in [0, 0.1) is 25.5 Å². The molecule has 0 amide bonds. The van der Waals surface area contributed by atoms with E-state index in [0.29, 0.717) is 37.6 Å². The monoisotopic (exact) mass is 500 g/mol. The van der Waals surface area contributed by atoms with Gasteiger partial charge in [0.2, 0.25) is 0 Å². The van der Waals surface area contributed by atoms with Crippen LogP contribution >= 0.6 is 0 Å².